The molecule has 0 saturated carbocycles. The Bertz CT molecular complexity index is 1090. The quantitative estimate of drug-likeness (QED) is 0.333. The van der Waals surface area contributed by atoms with Gasteiger partial charge in [-0.3, -0.25) is 9.59 Å². The fraction of sp³-hybridized carbons (Fsp3) is 0.208. The molecular formula is C24H22N2O5. The summed E-state index contributed by atoms with van der Waals surface area (Å²) in [7, 11) is 0. The molecule has 1 atom stereocenters. The van der Waals surface area contributed by atoms with Crippen LogP contribution in [0.4, 0.5) is 0 Å². The van der Waals surface area contributed by atoms with Crippen LogP contribution in [0, 0.1) is 0 Å². The van der Waals surface area contributed by atoms with Crippen molar-refractivity contribution in [1.82, 2.24) is 4.90 Å². The smallest absolute Gasteiger partial charge is 0.295 e. The number of carbonyl (C=O) groups is 2. The maximum atomic E-state index is 13.3. The first-order chi connectivity index (χ1) is 15.1. The van der Waals surface area contributed by atoms with Gasteiger partial charge < -0.3 is 19.2 Å². The highest BCUT2D eigenvalue weighted by atomic mass is 16.5. The van der Waals surface area contributed by atoms with E-state index in [1.54, 1.807) is 54.9 Å². The first-order valence-electron chi connectivity index (χ1n) is 10.1. The molecule has 1 unspecified atom stereocenters. The van der Waals surface area contributed by atoms with Crippen LogP contribution in [0.2, 0.25) is 0 Å². The summed E-state index contributed by atoms with van der Waals surface area (Å²) in [4.78, 5) is 30.1. The van der Waals surface area contributed by atoms with Gasteiger partial charge >= 0.3 is 0 Å². The van der Waals surface area contributed by atoms with Crippen LogP contribution < -0.4 is 14.8 Å². The molecule has 7 heteroatoms. The lowest BCUT2D eigenvalue weighted by Crippen LogP contribution is -2.29. The topological polar surface area (TPSA) is 97.0 Å². The van der Waals surface area contributed by atoms with E-state index in [9.17, 15) is 14.7 Å². The number of likely N-dealkylation sites (tertiary alicyclic amines) is 1. The molecular weight excluding hydrogens is 396 g/mol. The summed E-state index contributed by atoms with van der Waals surface area (Å²) in [6.45, 7) is 2.74. The zero-order valence-corrected chi connectivity index (χ0v) is 17.0. The number of furan rings is 1. The minimum Gasteiger partial charge on any atom is -0.872 e. The standard InChI is InChI=1S/C24H22N2O5/c1-2-12-30-18-9-7-17(8-10-18)22(27)20-21(19-6-4-13-31-19)26(24(29)23(20)28)15-16-5-3-11-25-14-16/h3-11,13-14,21,27H,2,12,15H2,1H3/b22-20+. The fourth-order valence-electron chi connectivity index (χ4n) is 3.58. The second kappa shape index (κ2) is 8.87. The first kappa shape index (κ1) is 20.4. The second-order valence-corrected chi connectivity index (χ2v) is 7.21. The third-order valence-electron chi connectivity index (χ3n) is 5.06. The molecule has 1 aliphatic rings. The first-order valence-corrected chi connectivity index (χ1v) is 10.1. The normalized spacial score (nSPS) is 17.8. The Hall–Kier alpha value is -3.87. The van der Waals surface area contributed by atoms with Crippen molar-refractivity contribution in [2.45, 2.75) is 25.9 Å². The molecule has 4 rings (SSSR count). The van der Waals surface area contributed by atoms with Crippen LogP contribution in [0.25, 0.3) is 5.76 Å². The monoisotopic (exact) mass is 418 g/mol. The molecule has 1 amide bonds. The van der Waals surface area contributed by atoms with E-state index in [1.165, 1.54) is 11.2 Å². The van der Waals surface area contributed by atoms with Crippen molar-refractivity contribution in [2.24, 2.45) is 0 Å². The minimum atomic E-state index is -0.890. The molecule has 0 aliphatic carbocycles. The van der Waals surface area contributed by atoms with Gasteiger partial charge in [-0.05, 0) is 42.3 Å². The maximum Gasteiger partial charge on any atom is 0.295 e. The number of benzene rings is 1. The van der Waals surface area contributed by atoms with Crippen molar-refractivity contribution in [3.63, 3.8) is 0 Å². The highest BCUT2D eigenvalue weighted by Crippen LogP contribution is 2.39. The SMILES string of the molecule is CCCOc1ccc(/C([O-])=C2\C(=O)C(=O)N(Cc3ccc[nH+]c3)C2c2ccco2)cc1. The molecule has 0 radical (unpaired) electrons. The Labute approximate surface area is 179 Å². The van der Waals surface area contributed by atoms with E-state index in [0.717, 1.165) is 12.0 Å². The molecule has 1 aromatic carbocycles. The number of nitrogens with one attached hydrogen (secondary N) is 1. The highest BCUT2D eigenvalue weighted by Gasteiger charge is 2.45. The number of rotatable bonds is 7. The van der Waals surface area contributed by atoms with Crippen molar-refractivity contribution in [3.8, 4) is 5.75 Å². The molecule has 1 fully saturated rings. The van der Waals surface area contributed by atoms with Gasteiger partial charge in [0.2, 0.25) is 5.78 Å². The third kappa shape index (κ3) is 4.07. The van der Waals surface area contributed by atoms with Crippen LogP contribution in [-0.4, -0.2) is 23.2 Å². The predicted molar refractivity (Wildman–Crippen MR) is 109 cm³/mol. The Kier molecular flexibility index (Phi) is 5.84. The van der Waals surface area contributed by atoms with Crippen molar-refractivity contribution < 1.29 is 28.8 Å². The molecule has 1 saturated heterocycles. The van der Waals surface area contributed by atoms with Crippen LogP contribution in [0.5, 0.6) is 5.75 Å². The lowest BCUT2D eigenvalue weighted by molar-refractivity contribution is -0.378. The average Bonchev–Trinajstić information content (AvgIpc) is 3.41. The predicted octanol–water partition coefficient (Wildman–Crippen LogP) is 2.31. The number of H-pyrrole nitrogens is 1. The molecule has 3 aromatic rings. The van der Waals surface area contributed by atoms with Crippen molar-refractivity contribution in [2.75, 3.05) is 6.61 Å². The summed E-state index contributed by atoms with van der Waals surface area (Å²) >= 11 is 0. The maximum absolute atomic E-state index is 13.3. The molecule has 0 spiro atoms. The van der Waals surface area contributed by atoms with E-state index >= 15 is 0 Å². The number of Topliss-reactive ketones (excluding diaryl/α,β-unsaturated/α-hetero) is 1. The van der Waals surface area contributed by atoms with E-state index in [1.807, 2.05) is 13.0 Å². The molecule has 2 aromatic heterocycles. The van der Waals surface area contributed by atoms with Crippen LogP contribution in [0.1, 0.15) is 36.3 Å². The number of hydrogen-bond acceptors (Lipinski definition) is 5. The number of aromatic nitrogens is 1. The second-order valence-electron chi connectivity index (χ2n) is 7.21. The van der Waals surface area contributed by atoms with Crippen LogP contribution in [0.3, 0.4) is 0 Å². The van der Waals surface area contributed by atoms with Crippen molar-refractivity contribution in [3.05, 3.63) is 89.6 Å². The van der Waals surface area contributed by atoms with Gasteiger partial charge in [0.1, 0.15) is 17.6 Å². The average molecular weight is 418 g/mol. The number of pyridine rings is 1. The van der Waals surface area contributed by atoms with Crippen LogP contribution >= 0.6 is 0 Å². The Balaban J connectivity index is 1.74. The summed E-state index contributed by atoms with van der Waals surface area (Å²) in [5, 5.41) is 13.3. The van der Waals surface area contributed by atoms with E-state index in [-0.39, 0.29) is 12.1 Å². The van der Waals surface area contributed by atoms with Gasteiger partial charge in [-0.25, -0.2) is 4.98 Å². The summed E-state index contributed by atoms with van der Waals surface area (Å²) in [6, 6.07) is 12.7. The molecule has 31 heavy (non-hydrogen) atoms. The molecule has 3 heterocycles. The lowest BCUT2D eigenvalue weighted by Gasteiger charge is -2.25. The Morgan fingerprint density at radius 1 is 1.16 bits per heavy atom. The highest BCUT2D eigenvalue weighted by molar-refractivity contribution is 6.46. The van der Waals surface area contributed by atoms with Gasteiger partial charge in [0.05, 0.1) is 19.4 Å². The minimum absolute atomic E-state index is 0.109. The number of ketones is 1. The van der Waals surface area contributed by atoms with Gasteiger partial charge in [-0.1, -0.05) is 24.8 Å². The van der Waals surface area contributed by atoms with E-state index in [0.29, 0.717) is 23.7 Å². The van der Waals surface area contributed by atoms with Gasteiger partial charge in [-0.2, -0.15) is 0 Å². The van der Waals surface area contributed by atoms with E-state index in [4.69, 9.17) is 9.15 Å². The molecule has 158 valence electrons. The molecule has 7 nitrogen and oxygen atoms in total. The third-order valence-corrected chi connectivity index (χ3v) is 5.06. The number of carbonyl (C=O) groups excluding carboxylic acids is 2. The summed E-state index contributed by atoms with van der Waals surface area (Å²) < 4.78 is 11.1. The summed E-state index contributed by atoms with van der Waals surface area (Å²) in [5.41, 5.74) is 1.000. The van der Waals surface area contributed by atoms with Gasteiger partial charge in [0, 0.05) is 17.2 Å². The van der Waals surface area contributed by atoms with Crippen LogP contribution in [-0.2, 0) is 16.1 Å². The zero-order valence-electron chi connectivity index (χ0n) is 17.0. The van der Waals surface area contributed by atoms with Crippen LogP contribution in [0.15, 0.2) is 77.2 Å². The van der Waals surface area contributed by atoms with Crippen molar-refractivity contribution in [1.29, 1.82) is 0 Å². The summed E-state index contributed by atoms with van der Waals surface area (Å²) in [6.07, 6.45) is 5.82. The van der Waals surface area contributed by atoms with Gasteiger partial charge in [-0.15, -0.1) is 0 Å². The van der Waals surface area contributed by atoms with Gasteiger partial charge in [0.15, 0.2) is 12.4 Å². The van der Waals surface area contributed by atoms with E-state index < -0.39 is 23.5 Å². The number of amides is 1. The summed E-state index contributed by atoms with van der Waals surface area (Å²) in [5.74, 6) is -1.02. The number of aromatic amines is 1. The number of ether oxygens (including phenoxy) is 1. The Morgan fingerprint density at radius 2 is 1.97 bits per heavy atom. The van der Waals surface area contributed by atoms with Gasteiger partial charge in [0.25, 0.3) is 5.91 Å². The Morgan fingerprint density at radius 3 is 2.61 bits per heavy atom. The number of nitrogens with zero attached hydrogens (tertiary/aromatic N) is 1. The fourth-order valence-corrected chi connectivity index (χ4v) is 3.58. The van der Waals surface area contributed by atoms with E-state index in [2.05, 4.69) is 4.98 Å². The number of hydrogen-bond donors (Lipinski definition) is 0. The molecule has 1 aliphatic heterocycles. The zero-order chi connectivity index (χ0) is 21.8. The molecule has 1 N–H and O–H groups in total. The largest absolute Gasteiger partial charge is 0.872 e. The molecule has 0 bridgehead atoms. The van der Waals surface area contributed by atoms with Crippen molar-refractivity contribution >= 4 is 17.4 Å². The lowest BCUT2D eigenvalue weighted by atomic mass is 9.99.